The van der Waals surface area contributed by atoms with Crippen LogP contribution in [0.25, 0.3) is 0 Å². The van der Waals surface area contributed by atoms with E-state index in [0.717, 1.165) is 6.42 Å². The molecule has 0 N–H and O–H groups in total. The molecular formula is C8H9. The fourth-order valence-electron chi connectivity index (χ4n) is 0.606. The Morgan fingerprint density at radius 2 is 2.25 bits per heavy atom. The van der Waals surface area contributed by atoms with E-state index in [0.29, 0.717) is 0 Å². The van der Waals surface area contributed by atoms with E-state index < -0.39 is 0 Å². The van der Waals surface area contributed by atoms with Crippen molar-refractivity contribution in [3.63, 3.8) is 0 Å². The van der Waals surface area contributed by atoms with Crippen LogP contribution in [0.3, 0.4) is 0 Å². The van der Waals surface area contributed by atoms with Gasteiger partial charge in [0, 0.05) is 6.42 Å². The number of hydrogen-bond donors (Lipinski definition) is 0. The van der Waals surface area contributed by atoms with Gasteiger partial charge in [-0.2, -0.15) is 0 Å². The zero-order valence-corrected chi connectivity index (χ0v) is 5.28. The Labute approximate surface area is 50.9 Å². The molecule has 0 saturated heterocycles. The van der Waals surface area contributed by atoms with E-state index >= 15 is 0 Å². The summed E-state index contributed by atoms with van der Waals surface area (Å²) >= 11 is 0. The van der Waals surface area contributed by atoms with Crippen molar-refractivity contribution in [2.75, 3.05) is 0 Å². The molecule has 0 heteroatoms. The molecule has 0 unspecified atom stereocenters. The Kier molecular flexibility index (Phi) is 1.52. The summed E-state index contributed by atoms with van der Waals surface area (Å²) in [5.74, 6) is 0. The van der Waals surface area contributed by atoms with Gasteiger partial charge in [-0.1, -0.05) is 17.2 Å². The monoisotopic (exact) mass is 105 g/mol. The van der Waals surface area contributed by atoms with E-state index in [1.54, 1.807) is 0 Å². The third-order valence-corrected chi connectivity index (χ3v) is 1.17. The summed E-state index contributed by atoms with van der Waals surface area (Å²) in [6.45, 7) is 4.11. The highest BCUT2D eigenvalue weighted by molar-refractivity contribution is 5.24. The summed E-state index contributed by atoms with van der Waals surface area (Å²) in [6, 6.07) is 0. The van der Waals surface area contributed by atoms with Crippen LogP contribution in [0.2, 0.25) is 0 Å². The van der Waals surface area contributed by atoms with Crippen molar-refractivity contribution in [1.29, 1.82) is 0 Å². The van der Waals surface area contributed by atoms with Gasteiger partial charge in [-0.25, -0.2) is 0 Å². The molecule has 1 aliphatic rings. The smallest absolute Gasteiger partial charge is 0.0161 e. The third-order valence-electron chi connectivity index (χ3n) is 1.17. The molecule has 0 amide bonds. The van der Waals surface area contributed by atoms with Gasteiger partial charge < -0.3 is 0 Å². The molecule has 8 heavy (non-hydrogen) atoms. The highest BCUT2D eigenvalue weighted by Gasteiger charge is 1.97. The lowest BCUT2D eigenvalue weighted by Gasteiger charge is -2.03. The van der Waals surface area contributed by atoms with E-state index in [9.17, 15) is 0 Å². The molecule has 0 bridgehead atoms. The lowest BCUT2D eigenvalue weighted by molar-refractivity contribution is 1.07. The molecule has 0 aromatic rings. The first-order valence-corrected chi connectivity index (χ1v) is 2.78. The Balaban J connectivity index is 2.65. The van der Waals surface area contributed by atoms with Crippen LogP contribution in [0, 0.1) is 12.5 Å². The van der Waals surface area contributed by atoms with Gasteiger partial charge in [0.1, 0.15) is 0 Å². The minimum Gasteiger partial charge on any atom is -0.0645 e. The van der Waals surface area contributed by atoms with E-state index in [1.165, 1.54) is 11.1 Å². The van der Waals surface area contributed by atoms with E-state index in [-0.39, 0.29) is 0 Å². The lowest BCUT2D eigenvalue weighted by atomic mass is 10.0. The van der Waals surface area contributed by atoms with Crippen molar-refractivity contribution < 1.29 is 0 Å². The van der Waals surface area contributed by atoms with Crippen molar-refractivity contribution in [1.82, 2.24) is 0 Å². The number of rotatable bonds is 0. The summed E-state index contributed by atoms with van der Waals surface area (Å²) in [6.07, 6.45) is 9.25. The first-order chi connectivity index (χ1) is 3.79. The van der Waals surface area contributed by atoms with Crippen LogP contribution in [0.5, 0.6) is 0 Å². The second-order valence-corrected chi connectivity index (χ2v) is 2.11. The van der Waals surface area contributed by atoms with Crippen LogP contribution in [0.1, 0.15) is 20.3 Å². The number of allylic oxidation sites excluding steroid dienone is 4. The molecule has 0 spiro atoms. The molecule has 1 aliphatic carbocycles. The van der Waals surface area contributed by atoms with E-state index in [1.807, 2.05) is 13.0 Å². The molecule has 0 atom stereocenters. The summed E-state index contributed by atoms with van der Waals surface area (Å²) in [4.78, 5) is 0. The first kappa shape index (κ1) is 5.61. The van der Waals surface area contributed by atoms with Crippen LogP contribution in [0.4, 0.5) is 0 Å². The minimum absolute atomic E-state index is 0.961. The quantitative estimate of drug-likeness (QED) is 0.443. The Hall–Kier alpha value is -0.520. The van der Waals surface area contributed by atoms with Gasteiger partial charge in [0.15, 0.2) is 0 Å². The lowest BCUT2D eigenvalue weighted by Crippen LogP contribution is -1.87. The fourth-order valence-corrected chi connectivity index (χ4v) is 0.606. The zero-order chi connectivity index (χ0) is 5.98. The van der Waals surface area contributed by atoms with Gasteiger partial charge >= 0.3 is 0 Å². The normalized spacial score (nSPS) is 19.8. The average molecular weight is 105 g/mol. The predicted octanol–water partition coefficient (Wildman–Crippen LogP) is 2.17. The maximum absolute atomic E-state index is 3.19. The van der Waals surface area contributed by atoms with Gasteiger partial charge in [0.05, 0.1) is 0 Å². The maximum Gasteiger partial charge on any atom is 0.0161 e. The van der Waals surface area contributed by atoms with Crippen LogP contribution < -0.4 is 0 Å². The Morgan fingerprint density at radius 3 is 2.62 bits per heavy atom. The second kappa shape index (κ2) is 2.17. The Bertz CT molecular complexity index is 120. The molecule has 3 radical (unpaired) electrons. The van der Waals surface area contributed by atoms with Crippen LogP contribution >= 0.6 is 0 Å². The molecule has 0 nitrogen and oxygen atoms in total. The molecule has 41 valence electrons. The van der Waals surface area contributed by atoms with Crippen LogP contribution in [0.15, 0.2) is 17.2 Å². The average Bonchev–Trinajstić information content (AvgIpc) is 1.77. The van der Waals surface area contributed by atoms with Crippen molar-refractivity contribution >= 4 is 0 Å². The standard InChI is InChI=1S/C8H9/c1-7-3-5-8(2)6-4-7/h3H,6H2,1-2H3. The topological polar surface area (TPSA) is 0 Å². The molecule has 0 aliphatic heterocycles. The SMILES string of the molecule is CC1=[C]C=C(C)[C]C1. The molecule has 0 aromatic carbocycles. The van der Waals surface area contributed by atoms with Crippen molar-refractivity contribution in [3.05, 3.63) is 29.7 Å². The van der Waals surface area contributed by atoms with Crippen LogP contribution in [-0.2, 0) is 0 Å². The molecule has 0 aromatic heterocycles. The molecule has 0 heterocycles. The van der Waals surface area contributed by atoms with Crippen LogP contribution in [-0.4, -0.2) is 0 Å². The number of hydrogen-bond acceptors (Lipinski definition) is 0. The zero-order valence-electron chi connectivity index (χ0n) is 5.28. The maximum atomic E-state index is 3.19. The highest BCUT2D eigenvalue weighted by Crippen LogP contribution is 2.14. The summed E-state index contributed by atoms with van der Waals surface area (Å²) < 4.78 is 0. The first-order valence-electron chi connectivity index (χ1n) is 2.78. The largest absolute Gasteiger partial charge is 0.0645 e. The minimum atomic E-state index is 0.961. The van der Waals surface area contributed by atoms with E-state index in [4.69, 9.17) is 0 Å². The van der Waals surface area contributed by atoms with Gasteiger partial charge in [-0.15, -0.1) is 0 Å². The highest BCUT2D eigenvalue weighted by atomic mass is 14.0. The predicted molar refractivity (Wildman–Crippen MR) is 34.0 cm³/mol. The third kappa shape index (κ3) is 1.22. The summed E-state index contributed by atoms with van der Waals surface area (Å²) in [5, 5.41) is 0. The van der Waals surface area contributed by atoms with Crippen molar-refractivity contribution in [3.8, 4) is 0 Å². The molecule has 0 fully saturated rings. The van der Waals surface area contributed by atoms with Gasteiger partial charge in [-0.05, 0) is 26.3 Å². The van der Waals surface area contributed by atoms with E-state index in [2.05, 4.69) is 19.4 Å². The molecule has 1 rings (SSSR count). The molecular weight excluding hydrogens is 96.1 g/mol. The fraction of sp³-hybridized carbons (Fsp3) is 0.375. The van der Waals surface area contributed by atoms with Crippen molar-refractivity contribution in [2.45, 2.75) is 20.3 Å². The van der Waals surface area contributed by atoms with Gasteiger partial charge in [0.25, 0.3) is 0 Å². The molecule has 0 saturated carbocycles. The van der Waals surface area contributed by atoms with Gasteiger partial charge in [-0.3, -0.25) is 0 Å². The van der Waals surface area contributed by atoms with Crippen molar-refractivity contribution in [2.24, 2.45) is 0 Å². The summed E-state index contributed by atoms with van der Waals surface area (Å²) in [7, 11) is 0. The second-order valence-electron chi connectivity index (χ2n) is 2.11. The summed E-state index contributed by atoms with van der Waals surface area (Å²) in [5.41, 5.74) is 2.48. The Morgan fingerprint density at radius 1 is 1.50 bits per heavy atom. The van der Waals surface area contributed by atoms with Gasteiger partial charge in [0.2, 0.25) is 0 Å².